The van der Waals surface area contributed by atoms with Crippen LogP contribution in [0.5, 0.6) is 0 Å². The topological polar surface area (TPSA) is 76.2 Å². The van der Waals surface area contributed by atoms with Crippen LogP contribution in [0.1, 0.15) is 42.6 Å². The molecular formula is C31H32F3N5O3. The van der Waals surface area contributed by atoms with Gasteiger partial charge in [0.2, 0.25) is 0 Å². The fourth-order valence-corrected chi connectivity index (χ4v) is 5.59. The highest BCUT2D eigenvalue weighted by atomic mass is 19.4. The number of carbonyl (C=O) groups excluding carboxylic acids is 3. The number of hydrogen-bond acceptors (Lipinski definition) is 4. The van der Waals surface area contributed by atoms with Crippen molar-refractivity contribution in [1.82, 2.24) is 10.2 Å². The molecule has 5 rings (SSSR count). The number of urea groups is 2. The van der Waals surface area contributed by atoms with E-state index in [4.69, 9.17) is 0 Å². The Hall–Kier alpha value is -4.38. The Morgan fingerprint density at radius 1 is 0.857 bits per heavy atom. The Morgan fingerprint density at radius 3 is 2.19 bits per heavy atom. The van der Waals surface area contributed by atoms with Gasteiger partial charge in [0.1, 0.15) is 0 Å². The number of imide groups is 1. The molecule has 2 heterocycles. The quantitative estimate of drug-likeness (QED) is 0.340. The van der Waals surface area contributed by atoms with Crippen molar-refractivity contribution < 1.29 is 27.6 Å². The SMILES string of the molecule is CCN1C(=O)N(c2ccc(C(=O)NC[C@@H]3CCCN3CC)cc2)C(=O)N(c2ccccc2)c2cc(C(F)(F)F)ccc21. The predicted octanol–water partition coefficient (Wildman–Crippen LogP) is 6.64. The van der Waals surface area contributed by atoms with E-state index in [1.807, 2.05) is 0 Å². The second kappa shape index (κ2) is 11.8. The van der Waals surface area contributed by atoms with Crippen LogP contribution in [0, 0.1) is 0 Å². The van der Waals surface area contributed by atoms with Crippen molar-refractivity contribution in [3.8, 4) is 0 Å². The second-order valence-corrected chi connectivity index (χ2v) is 10.2. The molecule has 0 spiro atoms. The van der Waals surface area contributed by atoms with E-state index in [1.165, 1.54) is 35.2 Å². The second-order valence-electron chi connectivity index (χ2n) is 10.2. The molecule has 3 aromatic rings. The van der Waals surface area contributed by atoms with Gasteiger partial charge in [-0.1, -0.05) is 25.1 Å². The largest absolute Gasteiger partial charge is 0.416 e. The van der Waals surface area contributed by atoms with Gasteiger partial charge in [0, 0.05) is 24.7 Å². The lowest BCUT2D eigenvalue weighted by Gasteiger charge is -2.27. The number of alkyl halides is 3. The molecule has 1 fully saturated rings. The van der Waals surface area contributed by atoms with E-state index < -0.39 is 23.8 Å². The summed E-state index contributed by atoms with van der Waals surface area (Å²) in [6.45, 7) is 6.32. The number of likely N-dealkylation sites (tertiary alicyclic amines) is 1. The molecule has 1 atom stereocenters. The predicted molar refractivity (Wildman–Crippen MR) is 155 cm³/mol. The number of nitrogens with one attached hydrogen (secondary N) is 1. The van der Waals surface area contributed by atoms with Crippen LogP contribution in [0.2, 0.25) is 0 Å². The Balaban J connectivity index is 1.49. The molecule has 5 amide bonds. The summed E-state index contributed by atoms with van der Waals surface area (Å²) in [5, 5.41) is 2.97. The number of rotatable bonds is 7. The van der Waals surface area contributed by atoms with E-state index in [1.54, 1.807) is 37.3 Å². The molecule has 3 aromatic carbocycles. The third-order valence-corrected chi connectivity index (χ3v) is 7.76. The van der Waals surface area contributed by atoms with Crippen LogP contribution in [-0.4, -0.2) is 55.1 Å². The highest BCUT2D eigenvalue weighted by molar-refractivity contribution is 6.28. The van der Waals surface area contributed by atoms with Crippen molar-refractivity contribution in [3.63, 3.8) is 0 Å². The zero-order valence-electron chi connectivity index (χ0n) is 23.4. The Kier molecular flexibility index (Phi) is 8.22. The van der Waals surface area contributed by atoms with Gasteiger partial charge in [-0.2, -0.15) is 13.2 Å². The first-order valence-electron chi connectivity index (χ1n) is 14.0. The van der Waals surface area contributed by atoms with Gasteiger partial charge in [0.25, 0.3) is 5.91 Å². The number of carbonyl (C=O) groups is 3. The summed E-state index contributed by atoms with van der Waals surface area (Å²) >= 11 is 0. The zero-order valence-corrected chi connectivity index (χ0v) is 23.4. The van der Waals surface area contributed by atoms with Crippen LogP contribution in [0.3, 0.4) is 0 Å². The van der Waals surface area contributed by atoms with E-state index in [9.17, 15) is 27.6 Å². The van der Waals surface area contributed by atoms with Crippen LogP contribution in [0.15, 0.2) is 72.8 Å². The monoisotopic (exact) mass is 579 g/mol. The molecule has 0 aromatic heterocycles. The zero-order chi connectivity index (χ0) is 30.0. The van der Waals surface area contributed by atoms with Crippen LogP contribution in [0.25, 0.3) is 0 Å². The van der Waals surface area contributed by atoms with Crippen molar-refractivity contribution in [2.45, 2.75) is 38.9 Å². The maximum Gasteiger partial charge on any atom is 0.416 e. The molecule has 0 bridgehead atoms. The highest BCUT2D eigenvalue weighted by Gasteiger charge is 2.41. The molecule has 0 unspecified atom stereocenters. The summed E-state index contributed by atoms with van der Waals surface area (Å²) in [6, 6.07) is 16.0. The molecule has 2 aliphatic rings. The van der Waals surface area contributed by atoms with Gasteiger partial charge in [-0.3, -0.25) is 19.5 Å². The molecule has 220 valence electrons. The van der Waals surface area contributed by atoms with Crippen molar-refractivity contribution >= 4 is 40.7 Å². The number of benzene rings is 3. The van der Waals surface area contributed by atoms with Crippen LogP contribution >= 0.6 is 0 Å². The van der Waals surface area contributed by atoms with E-state index in [-0.39, 0.29) is 35.6 Å². The first-order valence-corrected chi connectivity index (χ1v) is 14.0. The molecule has 0 radical (unpaired) electrons. The highest BCUT2D eigenvalue weighted by Crippen LogP contribution is 2.43. The van der Waals surface area contributed by atoms with Crippen molar-refractivity contribution in [3.05, 3.63) is 83.9 Å². The van der Waals surface area contributed by atoms with Gasteiger partial charge < -0.3 is 5.32 Å². The van der Waals surface area contributed by atoms with Crippen LogP contribution < -0.4 is 20.0 Å². The summed E-state index contributed by atoms with van der Waals surface area (Å²) in [4.78, 5) is 46.4. The summed E-state index contributed by atoms with van der Waals surface area (Å²) in [7, 11) is 0. The van der Waals surface area contributed by atoms with Gasteiger partial charge in [-0.05, 0) is 87.5 Å². The fraction of sp³-hybridized carbons (Fsp3) is 0.323. The van der Waals surface area contributed by atoms with Crippen molar-refractivity contribution in [1.29, 1.82) is 0 Å². The minimum Gasteiger partial charge on any atom is -0.350 e. The third-order valence-electron chi connectivity index (χ3n) is 7.76. The normalized spacial score (nSPS) is 17.8. The first kappa shape index (κ1) is 29.1. The van der Waals surface area contributed by atoms with Crippen LogP contribution in [-0.2, 0) is 6.18 Å². The molecule has 0 saturated carbocycles. The Labute approximate surface area is 242 Å². The van der Waals surface area contributed by atoms with Gasteiger partial charge in [0.15, 0.2) is 0 Å². The molecule has 42 heavy (non-hydrogen) atoms. The number of anilines is 4. The average Bonchev–Trinajstić information content (AvgIpc) is 3.42. The standard InChI is InChI=1S/C31H32F3N5O3/c1-3-36-18-8-11-25(36)20-35-28(40)21-12-15-24(16-13-21)39-29(41)37(4-2)26-17-14-22(31(32,33)34)19-27(26)38(30(39)42)23-9-6-5-7-10-23/h5-7,9-10,12-17,19,25H,3-4,8,11,18,20H2,1-2H3,(H,35,40)/t25-/m0/s1. The number of halogens is 3. The molecule has 0 aliphatic carbocycles. The summed E-state index contributed by atoms with van der Waals surface area (Å²) in [6.07, 6.45) is -2.54. The maximum absolute atomic E-state index is 14.1. The number of hydrogen-bond donors (Lipinski definition) is 1. The minimum absolute atomic E-state index is 0.0669. The van der Waals surface area contributed by atoms with Gasteiger partial charge in [-0.25, -0.2) is 14.5 Å². The average molecular weight is 580 g/mol. The van der Waals surface area contributed by atoms with E-state index in [0.29, 0.717) is 17.8 Å². The number of nitrogens with zero attached hydrogens (tertiary/aromatic N) is 4. The van der Waals surface area contributed by atoms with E-state index >= 15 is 0 Å². The maximum atomic E-state index is 14.1. The molecule has 11 heteroatoms. The first-order chi connectivity index (χ1) is 20.1. The van der Waals surface area contributed by atoms with Gasteiger partial charge >= 0.3 is 18.2 Å². The summed E-state index contributed by atoms with van der Waals surface area (Å²) in [5.41, 5.74) is -0.00978. The Morgan fingerprint density at radius 2 is 1.55 bits per heavy atom. The van der Waals surface area contributed by atoms with Crippen molar-refractivity contribution in [2.24, 2.45) is 0 Å². The van der Waals surface area contributed by atoms with E-state index in [0.717, 1.165) is 47.9 Å². The number of likely N-dealkylation sites (N-methyl/N-ethyl adjacent to an activating group) is 1. The lowest BCUT2D eigenvalue weighted by molar-refractivity contribution is -0.137. The van der Waals surface area contributed by atoms with Gasteiger partial charge in [0.05, 0.1) is 28.3 Å². The molecule has 1 saturated heterocycles. The summed E-state index contributed by atoms with van der Waals surface area (Å²) in [5.74, 6) is -0.272. The molecule has 2 aliphatic heterocycles. The smallest absolute Gasteiger partial charge is 0.350 e. The molecule has 8 nitrogen and oxygen atoms in total. The number of para-hydroxylation sites is 1. The third kappa shape index (κ3) is 5.56. The van der Waals surface area contributed by atoms with Crippen molar-refractivity contribution in [2.75, 3.05) is 40.9 Å². The van der Waals surface area contributed by atoms with E-state index in [2.05, 4.69) is 17.1 Å². The van der Waals surface area contributed by atoms with Crippen LogP contribution in [0.4, 0.5) is 45.5 Å². The molecular weight excluding hydrogens is 547 g/mol. The van der Waals surface area contributed by atoms with Gasteiger partial charge in [-0.15, -0.1) is 0 Å². The Bertz CT molecular complexity index is 1460. The molecule has 1 N–H and O–H groups in total. The minimum atomic E-state index is -4.66. The number of fused-ring (bicyclic) bond motifs is 1. The fourth-order valence-electron chi connectivity index (χ4n) is 5.59. The number of amides is 5. The summed E-state index contributed by atoms with van der Waals surface area (Å²) < 4.78 is 41.2. The lowest BCUT2D eigenvalue weighted by atomic mass is 10.1. The lowest BCUT2D eigenvalue weighted by Crippen LogP contribution is -2.48.